The molecule has 1 heterocycles. The predicted octanol–water partition coefficient (Wildman–Crippen LogP) is 3.23. The lowest BCUT2D eigenvalue weighted by molar-refractivity contribution is 0.0609. The zero-order chi connectivity index (χ0) is 17.4. The van der Waals surface area contributed by atoms with Gasteiger partial charge in [-0.05, 0) is 44.2 Å². The van der Waals surface area contributed by atoms with Gasteiger partial charge >= 0.3 is 0 Å². The van der Waals surface area contributed by atoms with Crippen LogP contribution >= 0.6 is 12.6 Å². The number of amides is 3. The van der Waals surface area contributed by atoms with Gasteiger partial charge in [-0.25, -0.2) is 0 Å². The fourth-order valence-corrected chi connectivity index (χ4v) is 2.86. The van der Waals surface area contributed by atoms with Crippen LogP contribution in [0.4, 0.5) is 5.69 Å². The van der Waals surface area contributed by atoms with E-state index in [-0.39, 0.29) is 29.3 Å². The number of carbonyl (C=O) groups excluding carboxylic acids is 3. The van der Waals surface area contributed by atoms with Crippen molar-refractivity contribution < 1.29 is 14.4 Å². The molecule has 6 heteroatoms. The maximum absolute atomic E-state index is 12.4. The van der Waals surface area contributed by atoms with Crippen molar-refractivity contribution in [2.45, 2.75) is 24.8 Å². The summed E-state index contributed by atoms with van der Waals surface area (Å²) in [6.45, 7) is 3.55. The van der Waals surface area contributed by atoms with Gasteiger partial charge in [-0.3, -0.25) is 19.3 Å². The van der Waals surface area contributed by atoms with E-state index in [2.05, 4.69) is 17.9 Å². The smallest absolute Gasteiger partial charge is 0.261 e. The second kappa shape index (κ2) is 6.13. The van der Waals surface area contributed by atoms with Crippen LogP contribution in [0.5, 0.6) is 0 Å². The van der Waals surface area contributed by atoms with Crippen molar-refractivity contribution in [2.75, 3.05) is 5.32 Å². The van der Waals surface area contributed by atoms with Crippen molar-refractivity contribution in [3.63, 3.8) is 0 Å². The Bertz CT molecular complexity index is 861. The Morgan fingerprint density at radius 3 is 2.38 bits per heavy atom. The molecule has 2 aromatic rings. The summed E-state index contributed by atoms with van der Waals surface area (Å²) in [5.41, 5.74) is 1.50. The second-order valence-electron chi connectivity index (χ2n) is 5.81. The quantitative estimate of drug-likeness (QED) is 0.666. The molecule has 0 aromatic heterocycles. The van der Waals surface area contributed by atoms with Crippen LogP contribution in [0.3, 0.4) is 0 Å². The van der Waals surface area contributed by atoms with E-state index in [1.54, 1.807) is 38.1 Å². The molecule has 0 saturated carbocycles. The van der Waals surface area contributed by atoms with E-state index in [9.17, 15) is 14.4 Å². The minimum Gasteiger partial charge on any atom is -0.321 e. The summed E-state index contributed by atoms with van der Waals surface area (Å²) >= 11 is 4.29. The molecule has 5 nitrogen and oxygen atoms in total. The molecule has 0 radical (unpaired) electrons. The highest BCUT2D eigenvalue weighted by atomic mass is 32.1. The molecule has 0 bridgehead atoms. The summed E-state index contributed by atoms with van der Waals surface area (Å²) in [7, 11) is 0. The molecule has 0 spiro atoms. The first kappa shape index (κ1) is 16.3. The van der Waals surface area contributed by atoms with Crippen molar-refractivity contribution in [3.8, 4) is 0 Å². The van der Waals surface area contributed by atoms with Crippen molar-refractivity contribution in [1.29, 1.82) is 0 Å². The summed E-state index contributed by atoms with van der Waals surface area (Å²) in [5, 5.41) is 2.75. The van der Waals surface area contributed by atoms with Crippen LogP contribution in [-0.4, -0.2) is 28.7 Å². The summed E-state index contributed by atoms with van der Waals surface area (Å²) < 4.78 is 0. The number of fused-ring (bicyclic) bond motifs is 1. The topological polar surface area (TPSA) is 66.5 Å². The maximum Gasteiger partial charge on any atom is 0.261 e. The van der Waals surface area contributed by atoms with Gasteiger partial charge in [0.1, 0.15) is 0 Å². The highest BCUT2D eigenvalue weighted by molar-refractivity contribution is 7.80. The number of benzene rings is 2. The largest absolute Gasteiger partial charge is 0.321 e. The SMILES string of the molecule is CC(C)N1C(=O)c2ccc(C(=O)Nc3ccccc3S)cc2C1=O. The number of imide groups is 1. The van der Waals surface area contributed by atoms with Crippen molar-refractivity contribution >= 4 is 36.0 Å². The Kier molecular flexibility index (Phi) is 4.15. The number of anilines is 1. The van der Waals surface area contributed by atoms with Gasteiger partial charge in [0.2, 0.25) is 0 Å². The van der Waals surface area contributed by atoms with Gasteiger partial charge in [0.15, 0.2) is 0 Å². The number of nitrogens with zero attached hydrogens (tertiary/aromatic N) is 1. The van der Waals surface area contributed by atoms with E-state index in [0.29, 0.717) is 21.7 Å². The Labute approximate surface area is 145 Å². The lowest BCUT2D eigenvalue weighted by atomic mass is 10.1. The first-order valence-electron chi connectivity index (χ1n) is 7.51. The minimum atomic E-state index is -0.366. The molecule has 0 aliphatic carbocycles. The van der Waals surface area contributed by atoms with Gasteiger partial charge in [0, 0.05) is 16.5 Å². The van der Waals surface area contributed by atoms with E-state index in [1.807, 2.05) is 6.07 Å². The maximum atomic E-state index is 12.4. The monoisotopic (exact) mass is 340 g/mol. The third kappa shape index (κ3) is 2.69. The Morgan fingerprint density at radius 1 is 1.04 bits per heavy atom. The molecule has 0 atom stereocenters. The van der Waals surface area contributed by atoms with Crippen LogP contribution in [0.2, 0.25) is 0 Å². The molecule has 0 unspecified atom stereocenters. The standard InChI is InChI=1S/C18H16N2O3S/c1-10(2)20-17(22)12-8-7-11(9-13(12)18(20)23)16(21)19-14-5-3-4-6-15(14)24/h3-10,24H,1-2H3,(H,19,21). The normalized spacial score (nSPS) is 13.4. The van der Waals surface area contributed by atoms with Crippen LogP contribution in [0.25, 0.3) is 0 Å². The van der Waals surface area contributed by atoms with Gasteiger partial charge < -0.3 is 5.32 Å². The number of thiol groups is 1. The fourth-order valence-electron chi connectivity index (χ4n) is 2.64. The number of para-hydroxylation sites is 1. The van der Waals surface area contributed by atoms with E-state index >= 15 is 0 Å². The first-order chi connectivity index (χ1) is 11.4. The van der Waals surface area contributed by atoms with Gasteiger partial charge in [0.05, 0.1) is 16.8 Å². The number of rotatable bonds is 3. The van der Waals surface area contributed by atoms with Crippen LogP contribution in [-0.2, 0) is 0 Å². The lowest BCUT2D eigenvalue weighted by Gasteiger charge is -2.17. The molecule has 1 aliphatic rings. The molecule has 24 heavy (non-hydrogen) atoms. The molecule has 0 saturated heterocycles. The van der Waals surface area contributed by atoms with Crippen molar-refractivity contribution in [2.24, 2.45) is 0 Å². The molecule has 0 fully saturated rings. The fraction of sp³-hybridized carbons (Fsp3) is 0.167. The average molecular weight is 340 g/mol. The lowest BCUT2D eigenvalue weighted by Crippen LogP contribution is -2.35. The average Bonchev–Trinajstić information content (AvgIpc) is 2.80. The zero-order valence-electron chi connectivity index (χ0n) is 13.2. The first-order valence-corrected chi connectivity index (χ1v) is 7.96. The Balaban J connectivity index is 1.91. The molecule has 3 amide bonds. The third-order valence-electron chi connectivity index (χ3n) is 3.85. The van der Waals surface area contributed by atoms with Gasteiger partial charge in [-0.2, -0.15) is 0 Å². The van der Waals surface area contributed by atoms with E-state index < -0.39 is 0 Å². The second-order valence-corrected chi connectivity index (χ2v) is 6.29. The summed E-state index contributed by atoms with van der Waals surface area (Å²) in [6.07, 6.45) is 0. The number of hydrogen-bond donors (Lipinski definition) is 2. The van der Waals surface area contributed by atoms with Gasteiger partial charge in [-0.1, -0.05) is 12.1 Å². The summed E-state index contributed by atoms with van der Waals surface area (Å²) in [6, 6.07) is 11.4. The molecular weight excluding hydrogens is 324 g/mol. The minimum absolute atomic E-state index is 0.231. The van der Waals surface area contributed by atoms with Crippen LogP contribution < -0.4 is 5.32 Å². The molecule has 1 aliphatic heterocycles. The molecular formula is C18H16N2O3S. The van der Waals surface area contributed by atoms with E-state index in [1.165, 1.54) is 17.0 Å². The third-order valence-corrected chi connectivity index (χ3v) is 4.24. The summed E-state index contributed by atoms with van der Waals surface area (Å²) in [5.74, 6) is -1.05. The van der Waals surface area contributed by atoms with Gasteiger partial charge in [0.25, 0.3) is 17.7 Å². The number of nitrogens with one attached hydrogen (secondary N) is 1. The molecule has 122 valence electrons. The molecule has 1 N–H and O–H groups in total. The molecule has 3 rings (SSSR count). The van der Waals surface area contributed by atoms with Crippen LogP contribution in [0, 0.1) is 0 Å². The van der Waals surface area contributed by atoms with E-state index in [0.717, 1.165) is 0 Å². The Hall–Kier alpha value is -2.60. The Morgan fingerprint density at radius 2 is 1.71 bits per heavy atom. The van der Waals surface area contributed by atoms with Crippen molar-refractivity contribution in [3.05, 3.63) is 59.2 Å². The molecule has 2 aromatic carbocycles. The number of hydrogen-bond acceptors (Lipinski definition) is 4. The highest BCUT2D eigenvalue weighted by Crippen LogP contribution is 2.26. The van der Waals surface area contributed by atoms with Crippen LogP contribution in [0.1, 0.15) is 44.9 Å². The van der Waals surface area contributed by atoms with Crippen molar-refractivity contribution in [1.82, 2.24) is 4.90 Å². The highest BCUT2D eigenvalue weighted by Gasteiger charge is 2.37. The zero-order valence-corrected chi connectivity index (χ0v) is 14.1. The number of carbonyl (C=O) groups is 3. The van der Waals surface area contributed by atoms with Gasteiger partial charge in [-0.15, -0.1) is 12.6 Å². The summed E-state index contributed by atoms with van der Waals surface area (Å²) in [4.78, 5) is 38.9. The van der Waals surface area contributed by atoms with Crippen LogP contribution in [0.15, 0.2) is 47.4 Å². The predicted molar refractivity (Wildman–Crippen MR) is 93.7 cm³/mol. The van der Waals surface area contributed by atoms with E-state index in [4.69, 9.17) is 0 Å².